The van der Waals surface area contributed by atoms with Crippen LogP contribution in [0.15, 0.2) is 36.5 Å². The minimum atomic E-state index is 0.677. The van der Waals surface area contributed by atoms with Gasteiger partial charge in [0, 0.05) is 26.3 Å². The molecule has 4 heteroatoms. The fraction of sp³-hybridized carbons (Fsp3) is 0.333. The molecule has 0 bridgehead atoms. The van der Waals surface area contributed by atoms with Crippen LogP contribution < -0.4 is 10.2 Å². The van der Waals surface area contributed by atoms with Crippen molar-refractivity contribution in [3.8, 4) is 0 Å². The summed E-state index contributed by atoms with van der Waals surface area (Å²) in [7, 11) is 2.04. The Labute approximate surface area is 114 Å². The van der Waals surface area contributed by atoms with Crippen molar-refractivity contribution in [2.75, 3.05) is 23.8 Å². The highest BCUT2D eigenvalue weighted by molar-refractivity contribution is 5.42. The fourth-order valence-corrected chi connectivity index (χ4v) is 1.97. The molecule has 0 atom stereocenters. The summed E-state index contributed by atoms with van der Waals surface area (Å²) in [5.74, 6) is 1.60. The van der Waals surface area contributed by atoms with Crippen LogP contribution in [0.3, 0.4) is 0 Å². The molecular formula is C15H20N4. The molecule has 0 saturated heterocycles. The van der Waals surface area contributed by atoms with Crippen LogP contribution in [0.2, 0.25) is 0 Å². The number of nitrogens with one attached hydrogen (secondary N) is 1. The molecule has 1 aromatic heterocycles. The van der Waals surface area contributed by atoms with E-state index in [1.807, 2.05) is 20.0 Å². The van der Waals surface area contributed by atoms with E-state index in [0.29, 0.717) is 5.95 Å². The van der Waals surface area contributed by atoms with Gasteiger partial charge < -0.3 is 10.2 Å². The van der Waals surface area contributed by atoms with Gasteiger partial charge in [-0.3, -0.25) is 0 Å². The van der Waals surface area contributed by atoms with Gasteiger partial charge in [-0.25, -0.2) is 4.98 Å². The highest BCUT2D eigenvalue weighted by atomic mass is 15.2. The summed E-state index contributed by atoms with van der Waals surface area (Å²) >= 11 is 0. The Hall–Kier alpha value is -2.10. The first kappa shape index (κ1) is 13.3. The minimum Gasteiger partial charge on any atom is -0.355 e. The molecule has 1 N–H and O–H groups in total. The zero-order valence-corrected chi connectivity index (χ0v) is 11.7. The summed E-state index contributed by atoms with van der Waals surface area (Å²) in [5.41, 5.74) is 2.56. The van der Waals surface area contributed by atoms with Gasteiger partial charge >= 0.3 is 0 Å². The second-order valence-corrected chi connectivity index (χ2v) is 4.61. The van der Waals surface area contributed by atoms with E-state index in [-0.39, 0.29) is 0 Å². The summed E-state index contributed by atoms with van der Waals surface area (Å²) in [6.45, 7) is 5.80. The molecule has 0 fully saturated rings. The molecular weight excluding hydrogens is 236 g/mol. The van der Waals surface area contributed by atoms with E-state index >= 15 is 0 Å². The van der Waals surface area contributed by atoms with Gasteiger partial charge in [0.2, 0.25) is 5.95 Å². The van der Waals surface area contributed by atoms with Crippen LogP contribution in [0.1, 0.15) is 18.1 Å². The van der Waals surface area contributed by atoms with Crippen molar-refractivity contribution in [2.24, 2.45) is 0 Å². The average Bonchev–Trinajstić information content (AvgIpc) is 2.39. The van der Waals surface area contributed by atoms with Crippen molar-refractivity contribution in [1.82, 2.24) is 9.97 Å². The lowest BCUT2D eigenvalue weighted by Crippen LogP contribution is -2.18. The molecule has 0 aliphatic rings. The first-order valence-electron chi connectivity index (χ1n) is 6.52. The Morgan fingerprint density at radius 1 is 1.26 bits per heavy atom. The van der Waals surface area contributed by atoms with Gasteiger partial charge in [-0.15, -0.1) is 0 Å². The second kappa shape index (κ2) is 6.18. The quantitative estimate of drug-likeness (QED) is 0.893. The van der Waals surface area contributed by atoms with Crippen molar-refractivity contribution in [1.29, 1.82) is 0 Å². The van der Waals surface area contributed by atoms with E-state index in [1.165, 1.54) is 11.1 Å². The van der Waals surface area contributed by atoms with Crippen molar-refractivity contribution in [3.63, 3.8) is 0 Å². The first-order chi connectivity index (χ1) is 9.19. The Morgan fingerprint density at radius 3 is 2.84 bits per heavy atom. The van der Waals surface area contributed by atoms with Crippen LogP contribution in [0.4, 0.5) is 11.8 Å². The van der Waals surface area contributed by atoms with Crippen molar-refractivity contribution in [3.05, 3.63) is 47.7 Å². The number of rotatable bonds is 5. The van der Waals surface area contributed by atoms with Gasteiger partial charge in [0.1, 0.15) is 5.82 Å². The number of nitrogens with zero attached hydrogens (tertiary/aromatic N) is 3. The van der Waals surface area contributed by atoms with E-state index < -0.39 is 0 Å². The van der Waals surface area contributed by atoms with Gasteiger partial charge in [-0.05, 0) is 25.5 Å². The van der Waals surface area contributed by atoms with Crippen molar-refractivity contribution < 1.29 is 0 Å². The molecule has 0 spiro atoms. The van der Waals surface area contributed by atoms with Gasteiger partial charge in [-0.1, -0.05) is 29.8 Å². The van der Waals surface area contributed by atoms with E-state index in [2.05, 4.69) is 51.4 Å². The smallest absolute Gasteiger partial charge is 0.224 e. The summed E-state index contributed by atoms with van der Waals surface area (Å²) in [6.07, 6.45) is 1.78. The maximum Gasteiger partial charge on any atom is 0.224 e. The highest BCUT2D eigenvalue weighted by Crippen LogP contribution is 2.14. The predicted octanol–water partition coefficient (Wildman–Crippen LogP) is 2.85. The normalized spacial score (nSPS) is 10.3. The number of benzene rings is 1. The lowest BCUT2D eigenvalue weighted by atomic mass is 10.1. The van der Waals surface area contributed by atoms with E-state index in [9.17, 15) is 0 Å². The average molecular weight is 256 g/mol. The molecule has 2 aromatic rings. The molecule has 2 rings (SSSR count). The number of hydrogen-bond donors (Lipinski definition) is 1. The predicted molar refractivity (Wildman–Crippen MR) is 79.5 cm³/mol. The van der Waals surface area contributed by atoms with Crippen LogP contribution in [0, 0.1) is 6.92 Å². The summed E-state index contributed by atoms with van der Waals surface area (Å²) < 4.78 is 0. The monoisotopic (exact) mass is 256 g/mol. The fourth-order valence-electron chi connectivity index (χ4n) is 1.97. The van der Waals surface area contributed by atoms with Crippen molar-refractivity contribution >= 4 is 11.8 Å². The molecule has 100 valence electrons. The first-order valence-corrected chi connectivity index (χ1v) is 6.52. The molecule has 1 aromatic carbocycles. The Morgan fingerprint density at radius 2 is 2.11 bits per heavy atom. The van der Waals surface area contributed by atoms with Crippen LogP contribution >= 0.6 is 0 Å². The minimum absolute atomic E-state index is 0.677. The lowest BCUT2D eigenvalue weighted by Gasteiger charge is -2.19. The zero-order valence-electron chi connectivity index (χ0n) is 11.7. The third-order valence-electron chi connectivity index (χ3n) is 2.87. The Bertz CT molecular complexity index is 539. The van der Waals surface area contributed by atoms with E-state index in [0.717, 1.165) is 18.9 Å². The molecule has 0 amide bonds. The molecule has 4 nitrogen and oxygen atoms in total. The Kier molecular flexibility index (Phi) is 4.34. The third-order valence-corrected chi connectivity index (χ3v) is 2.87. The van der Waals surface area contributed by atoms with Crippen LogP contribution in [0.5, 0.6) is 0 Å². The van der Waals surface area contributed by atoms with E-state index in [4.69, 9.17) is 0 Å². The van der Waals surface area contributed by atoms with Gasteiger partial charge in [0.25, 0.3) is 0 Å². The molecule has 0 aliphatic carbocycles. The maximum atomic E-state index is 4.48. The number of anilines is 2. The molecule has 0 radical (unpaired) electrons. The van der Waals surface area contributed by atoms with Crippen LogP contribution in [-0.4, -0.2) is 23.6 Å². The molecule has 0 saturated carbocycles. The zero-order chi connectivity index (χ0) is 13.7. The molecule has 19 heavy (non-hydrogen) atoms. The topological polar surface area (TPSA) is 41.1 Å². The van der Waals surface area contributed by atoms with Gasteiger partial charge in [0.15, 0.2) is 0 Å². The number of aryl methyl sites for hydroxylation is 1. The van der Waals surface area contributed by atoms with Crippen molar-refractivity contribution in [2.45, 2.75) is 20.4 Å². The maximum absolute atomic E-state index is 4.48. The van der Waals surface area contributed by atoms with Crippen LogP contribution in [-0.2, 0) is 6.54 Å². The van der Waals surface area contributed by atoms with Gasteiger partial charge in [-0.2, -0.15) is 4.98 Å². The standard InChI is InChI=1S/C15H20N4/c1-4-16-15-17-9-8-14(18-15)19(3)11-13-7-5-6-12(2)10-13/h5-10H,4,11H2,1-3H3,(H,16,17,18). The largest absolute Gasteiger partial charge is 0.355 e. The number of hydrogen-bond acceptors (Lipinski definition) is 4. The summed E-state index contributed by atoms with van der Waals surface area (Å²) in [4.78, 5) is 10.8. The molecule has 0 unspecified atom stereocenters. The third kappa shape index (κ3) is 3.68. The molecule has 1 heterocycles. The van der Waals surface area contributed by atoms with Crippen LogP contribution in [0.25, 0.3) is 0 Å². The molecule has 0 aliphatic heterocycles. The lowest BCUT2D eigenvalue weighted by molar-refractivity contribution is 0.889. The number of aromatic nitrogens is 2. The SMILES string of the molecule is CCNc1nccc(N(C)Cc2cccc(C)c2)n1. The van der Waals surface area contributed by atoms with E-state index in [1.54, 1.807) is 6.20 Å². The summed E-state index contributed by atoms with van der Waals surface area (Å²) in [6, 6.07) is 10.5. The second-order valence-electron chi connectivity index (χ2n) is 4.61. The summed E-state index contributed by atoms with van der Waals surface area (Å²) in [5, 5.41) is 3.13. The Balaban J connectivity index is 2.11. The van der Waals surface area contributed by atoms with Gasteiger partial charge in [0.05, 0.1) is 0 Å². The highest BCUT2D eigenvalue weighted by Gasteiger charge is 2.05.